The zero-order valence-electron chi connectivity index (χ0n) is 23.0. The molecule has 0 spiro atoms. The molecule has 4 aromatic rings. The zero-order valence-corrected chi connectivity index (χ0v) is 23.0. The van der Waals surface area contributed by atoms with E-state index in [1.165, 1.54) is 12.4 Å². The Labute approximate surface area is 235 Å². The summed E-state index contributed by atoms with van der Waals surface area (Å²) in [6.45, 7) is 9.29. The minimum atomic E-state index is -4.52. The van der Waals surface area contributed by atoms with Gasteiger partial charge in [-0.15, -0.1) is 0 Å². The number of aromatic nitrogens is 5. The van der Waals surface area contributed by atoms with Gasteiger partial charge in [-0.1, -0.05) is 0 Å². The Balaban J connectivity index is 1.33. The number of halogens is 3. The molecule has 1 unspecified atom stereocenters. The number of hydrogen-bond donors (Lipinski definition) is 0. The molecule has 1 atom stereocenters. The lowest BCUT2D eigenvalue weighted by Crippen LogP contribution is -2.52. The lowest BCUT2D eigenvalue weighted by molar-refractivity contribution is -0.137. The van der Waals surface area contributed by atoms with Crippen LogP contribution in [0, 0.1) is 25.2 Å². The fourth-order valence-corrected chi connectivity index (χ4v) is 5.85. The quantitative estimate of drug-likeness (QED) is 0.314. The van der Waals surface area contributed by atoms with Crippen molar-refractivity contribution in [2.24, 2.45) is 0 Å². The Bertz CT molecular complexity index is 1630. The third kappa shape index (κ3) is 5.04. The highest BCUT2D eigenvalue weighted by Crippen LogP contribution is 2.38. The minimum absolute atomic E-state index is 0.265. The van der Waals surface area contributed by atoms with Gasteiger partial charge in [-0.05, 0) is 45.7 Å². The smallest absolute Gasteiger partial charge is 0.417 e. The summed E-state index contributed by atoms with van der Waals surface area (Å²) >= 11 is 0. The first kappa shape index (κ1) is 27.2. The molecule has 0 radical (unpaired) electrons. The summed E-state index contributed by atoms with van der Waals surface area (Å²) in [5.41, 5.74) is 3.75. The molecule has 0 amide bonds. The average Bonchev–Trinajstić information content (AvgIpc) is 3.47. The molecule has 0 aromatic carbocycles. The first-order valence-corrected chi connectivity index (χ1v) is 13.6. The maximum Gasteiger partial charge on any atom is 0.417 e. The number of nitrogens with zero attached hydrogens (tertiary/aromatic N) is 7. The van der Waals surface area contributed by atoms with Gasteiger partial charge in [0, 0.05) is 54.1 Å². The molecule has 4 aromatic heterocycles. The van der Waals surface area contributed by atoms with Crippen LogP contribution in [-0.4, -0.2) is 61.6 Å². The number of alkyl halides is 3. The fraction of sp³-hybridized carbons (Fsp3) is 0.448. The summed E-state index contributed by atoms with van der Waals surface area (Å²) in [5, 5.41) is 19.0. The van der Waals surface area contributed by atoms with Crippen molar-refractivity contribution in [3.63, 3.8) is 0 Å². The van der Waals surface area contributed by atoms with Crippen molar-refractivity contribution in [2.75, 3.05) is 26.3 Å². The van der Waals surface area contributed by atoms with Crippen LogP contribution in [0.3, 0.4) is 0 Å². The summed E-state index contributed by atoms with van der Waals surface area (Å²) in [7, 11) is 0. The number of hydrogen-bond acceptors (Lipinski definition) is 7. The molecule has 2 saturated heterocycles. The molecule has 6 heterocycles. The molecule has 2 fully saturated rings. The molecule has 6 rings (SSSR count). The second kappa shape index (κ2) is 10.5. The van der Waals surface area contributed by atoms with Gasteiger partial charge < -0.3 is 9.47 Å². The molecule has 0 N–H and O–H groups in total. The van der Waals surface area contributed by atoms with Crippen LogP contribution in [0.4, 0.5) is 13.2 Å². The largest absolute Gasteiger partial charge is 0.484 e. The lowest BCUT2D eigenvalue weighted by atomic mass is 10.0. The number of fused-ring (bicyclic) bond motifs is 1. The van der Waals surface area contributed by atoms with Crippen molar-refractivity contribution in [2.45, 2.75) is 58.0 Å². The van der Waals surface area contributed by atoms with E-state index >= 15 is 0 Å². The summed E-state index contributed by atoms with van der Waals surface area (Å²) in [6, 6.07) is 5.78. The summed E-state index contributed by atoms with van der Waals surface area (Å²) in [4.78, 5) is 6.26. The van der Waals surface area contributed by atoms with Crippen LogP contribution in [0.2, 0.25) is 0 Å². The van der Waals surface area contributed by atoms with Gasteiger partial charge in [0.05, 0.1) is 42.8 Å². The molecule has 41 heavy (non-hydrogen) atoms. The predicted octanol–water partition coefficient (Wildman–Crippen LogP) is 5.28. The highest BCUT2D eigenvalue weighted by atomic mass is 19.4. The number of likely N-dealkylation sites (tertiary alicyclic amines) is 1. The van der Waals surface area contributed by atoms with Crippen molar-refractivity contribution in [1.82, 2.24) is 29.3 Å². The summed E-state index contributed by atoms with van der Waals surface area (Å²) < 4.78 is 55.2. The number of rotatable bonds is 6. The van der Waals surface area contributed by atoms with Crippen molar-refractivity contribution in [3.05, 3.63) is 65.0 Å². The Morgan fingerprint density at radius 3 is 2.51 bits per heavy atom. The van der Waals surface area contributed by atoms with Crippen molar-refractivity contribution in [3.8, 4) is 22.9 Å². The van der Waals surface area contributed by atoms with Crippen molar-refractivity contribution >= 4 is 5.52 Å². The molecule has 0 aliphatic carbocycles. The Hall–Kier alpha value is -3.95. The van der Waals surface area contributed by atoms with E-state index in [9.17, 15) is 18.4 Å². The molecule has 9 nitrogen and oxygen atoms in total. The predicted molar refractivity (Wildman–Crippen MR) is 143 cm³/mol. The topological polar surface area (TPSA) is 93.5 Å². The molecule has 0 bridgehead atoms. The van der Waals surface area contributed by atoms with Crippen LogP contribution in [0.1, 0.15) is 60.0 Å². The van der Waals surface area contributed by atoms with Crippen LogP contribution >= 0.6 is 0 Å². The summed E-state index contributed by atoms with van der Waals surface area (Å²) in [5.74, 6) is 0.337. The second-order valence-corrected chi connectivity index (χ2v) is 10.8. The van der Waals surface area contributed by atoms with Gasteiger partial charge in [-0.3, -0.25) is 14.6 Å². The van der Waals surface area contributed by atoms with Crippen LogP contribution < -0.4 is 4.74 Å². The van der Waals surface area contributed by atoms with Gasteiger partial charge in [0.2, 0.25) is 0 Å². The van der Waals surface area contributed by atoms with Crippen LogP contribution in [0.5, 0.6) is 5.75 Å². The zero-order chi connectivity index (χ0) is 28.9. The minimum Gasteiger partial charge on any atom is -0.484 e. The molecule has 12 heteroatoms. The maximum absolute atomic E-state index is 13.3. The third-order valence-corrected chi connectivity index (χ3v) is 8.15. The van der Waals surface area contributed by atoms with E-state index in [2.05, 4.69) is 25.7 Å². The first-order chi connectivity index (χ1) is 19.6. The molecule has 0 saturated carbocycles. The maximum atomic E-state index is 13.3. The van der Waals surface area contributed by atoms with Gasteiger partial charge in [-0.25, -0.2) is 4.52 Å². The van der Waals surface area contributed by atoms with Gasteiger partial charge in [0.25, 0.3) is 0 Å². The van der Waals surface area contributed by atoms with Gasteiger partial charge in [0.1, 0.15) is 29.0 Å². The number of ether oxygens (including phenoxy) is 2. The molecule has 214 valence electrons. The number of piperidine rings is 1. The van der Waals surface area contributed by atoms with Crippen LogP contribution in [-0.2, 0) is 10.9 Å². The number of nitriles is 1. The van der Waals surface area contributed by atoms with Crippen LogP contribution in [0.25, 0.3) is 16.6 Å². The molecule has 2 aliphatic heterocycles. The van der Waals surface area contributed by atoms with E-state index in [0.717, 1.165) is 73.9 Å². The van der Waals surface area contributed by atoms with E-state index in [-0.39, 0.29) is 11.6 Å². The monoisotopic (exact) mass is 565 g/mol. The molecule has 2 aliphatic rings. The van der Waals surface area contributed by atoms with Gasteiger partial charge >= 0.3 is 6.18 Å². The average molecular weight is 566 g/mol. The van der Waals surface area contributed by atoms with E-state index in [1.807, 2.05) is 26.1 Å². The normalized spacial score (nSPS) is 17.9. The van der Waals surface area contributed by atoms with Gasteiger partial charge in [-0.2, -0.15) is 28.6 Å². The fourth-order valence-electron chi connectivity index (χ4n) is 5.85. The van der Waals surface area contributed by atoms with Gasteiger partial charge in [0.15, 0.2) is 0 Å². The van der Waals surface area contributed by atoms with E-state index in [0.29, 0.717) is 22.9 Å². The Morgan fingerprint density at radius 2 is 1.85 bits per heavy atom. The molecular weight excluding hydrogens is 535 g/mol. The van der Waals surface area contributed by atoms with Crippen molar-refractivity contribution in [1.29, 1.82) is 5.26 Å². The van der Waals surface area contributed by atoms with E-state index in [1.54, 1.807) is 11.4 Å². The second-order valence-electron chi connectivity index (χ2n) is 10.8. The van der Waals surface area contributed by atoms with Crippen molar-refractivity contribution < 1.29 is 22.6 Å². The highest BCUT2D eigenvalue weighted by Gasteiger charge is 2.33. The van der Waals surface area contributed by atoms with E-state index in [4.69, 9.17) is 14.6 Å². The third-order valence-electron chi connectivity index (χ3n) is 8.15. The Kier molecular flexibility index (Phi) is 6.95. The van der Waals surface area contributed by atoms with Crippen LogP contribution in [0.15, 0.2) is 36.9 Å². The lowest BCUT2D eigenvalue weighted by Gasteiger charge is -2.41. The molecular formula is C29H30F3N7O2. The highest BCUT2D eigenvalue weighted by molar-refractivity contribution is 5.77. The Morgan fingerprint density at radius 1 is 1.10 bits per heavy atom. The first-order valence-electron chi connectivity index (χ1n) is 13.6. The SMILES string of the molecule is Cc1nn(C2CCN(C3COC3)CC2)c(C)c1-c1cc(OC(C)c2cncc(C(F)(F)F)c2)c2c(C#N)cnn2c1. The standard InChI is InChI=1S/C29H30F3N7O2/c1-17-27(18(2)39(36-17)24-4-6-37(7-5-24)25-15-40-16-25)21-9-26(28-22(10-33)12-35-38(28)14-21)41-19(3)20-8-23(13-34-11-20)29(30,31)32/h8-9,11-14,19,24-25H,4-7,15-16H2,1-3H3. The number of pyridine rings is 2. The summed E-state index contributed by atoms with van der Waals surface area (Å²) in [6.07, 6.45) is 2.12. The number of aryl methyl sites for hydroxylation is 1. The van der Waals surface area contributed by atoms with E-state index < -0.39 is 17.8 Å².